The van der Waals surface area contributed by atoms with E-state index in [1.54, 1.807) is 86.5 Å². The number of fused-ring (bicyclic) bond motifs is 2. The summed E-state index contributed by atoms with van der Waals surface area (Å²) in [5, 5.41) is 8.42. The number of anilines is 1. The second kappa shape index (κ2) is 18.1. The summed E-state index contributed by atoms with van der Waals surface area (Å²) in [4.78, 5) is 80.6. The number of hydrogen-bond acceptors (Lipinski definition) is 15. The normalized spacial score (nSPS) is 16.5. The van der Waals surface area contributed by atoms with Crippen LogP contribution in [-0.4, -0.2) is 95.8 Å². The lowest BCUT2D eigenvalue weighted by Crippen LogP contribution is -3.00. The van der Waals surface area contributed by atoms with E-state index in [1.165, 1.54) is 23.0 Å². The summed E-state index contributed by atoms with van der Waals surface area (Å²) in [5.41, 5.74) is 6.82. The number of carbonyl (C=O) groups is 5. The molecule has 4 amide bonds. The Morgan fingerprint density at radius 1 is 1.14 bits per heavy atom. The summed E-state index contributed by atoms with van der Waals surface area (Å²) < 4.78 is 23.8. The maximum absolute atomic E-state index is 13.9. The van der Waals surface area contributed by atoms with Gasteiger partial charge in [-0.1, -0.05) is 17.3 Å². The van der Waals surface area contributed by atoms with Crippen molar-refractivity contribution in [2.45, 2.75) is 64.4 Å². The molecule has 1 aromatic carbocycles. The fourth-order valence-corrected chi connectivity index (χ4v) is 7.62. The predicted molar refractivity (Wildman–Crippen MR) is 202 cm³/mol. The van der Waals surface area contributed by atoms with Crippen LogP contribution in [0.5, 0.6) is 5.75 Å². The van der Waals surface area contributed by atoms with Crippen LogP contribution in [0.3, 0.4) is 0 Å². The fraction of sp³-hybridized carbons (Fsp3) is 0.371. The molecule has 0 aliphatic carbocycles. The third-order valence-corrected chi connectivity index (χ3v) is 10.1. The maximum atomic E-state index is 13.9. The van der Waals surface area contributed by atoms with Gasteiger partial charge < -0.3 is 47.1 Å². The number of imidazole rings is 1. The summed E-state index contributed by atoms with van der Waals surface area (Å²) >= 11 is 2.14. The third-order valence-electron chi connectivity index (χ3n) is 8.14. The van der Waals surface area contributed by atoms with Crippen LogP contribution in [0.15, 0.2) is 65.3 Å². The van der Waals surface area contributed by atoms with Gasteiger partial charge in [0.05, 0.1) is 13.3 Å². The van der Waals surface area contributed by atoms with Crippen molar-refractivity contribution in [1.82, 2.24) is 29.1 Å². The molecule has 1 fully saturated rings. The van der Waals surface area contributed by atoms with Crippen LogP contribution >= 0.6 is 23.3 Å². The minimum Gasteiger partial charge on any atom is -1.00 e. The van der Waals surface area contributed by atoms with E-state index in [4.69, 9.17) is 24.8 Å². The Labute approximate surface area is 344 Å². The lowest BCUT2D eigenvalue weighted by molar-refractivity contribution is -0.664. The molecule has 1 saturated heterocycles. The molecular formula is C35H39BrN10O9S2. The number of ether oxygens (including phenoxy) is 3. The lowest BCUT2D eigenvalue weighted by atomic mass is 10.0. The minimum absolute atomic E-state index is 0. The fourth-order valence-electron chi connectivity index (χ4n) is 5.72. The first-order chi connectivity index (χ1) is 26.8. The number of halogens is 1. The van der Waals surface area contributed by atoms with E-state index in [1.807, 2.05) is 0 Å². The van der Waals surface area contributed by atoms with Gasteiger partial charge in [-0.2, -0.15) is 9.36 Å². The summed E-state index contributed by atoms with van der Waals surface area (Å²) in [7, 11) is 1.55. The van der Waals surface area contributed by atoms with Gasteiger partial charge >= 0.3 is 17.7 Å². The maximum Gasteiger partial charge on any atom is 0.414 e. The SMILES string of the molecule is CCO/N=C(\C(=O)NC1C(=O)N2C(C(=O)OCc3ccc(OC)cc3)=C(C[n+]3cccc4c3ncn4CC(N)=O)CSC12)c1nsc(NC(=O)OC(C)(C)C)n1.[Br-]. The van der Waals surface area contributed by atoms with E-state index >= 15 is 0 Å². The van der Waals surface area contributed by atoms with E-state index in [0.717, 1.165) is 11.5 Å². The van der Waals surface area contributed by atoms with Gasteiger partial charge in [-0.25, -0.2) is 14.2 Å². The zero-order chi connectivity index (χ0) is 40.1. The molecule has 5 heterocycles. The van der Waals surface area contributed by atoms with E-state index in [0.29, 0.717) is 28.0 Å². The van der Waals surface area contributed by atoms with Gasteiger partial charge in [0.15, 0.2) is 0 Å². The molecule has 6 rings (SSSR count). The molecule has 0 saturated carbocycles. The number of rotatable bonds is 14. The molecular weight excluding hydrogens is 848 g/mol. The van der Waals surface area contributed by atoms with E-state index in [2.05, 4.69) is 30.1 Å². The van der Waals surface area contributed by atoms with Crippen molar-refractivity contribution < 1.29 is 64.6 Å². The van der Waals surface area contributed by atoms with Gasteiger partial charge in [-0.3, -0.25) is 29.2 Å². The lowest BCUT2D eigenvalue weighted by Gasteiger charge is -2.49. The number of primary amides is 1. The average Bonchev–Trinajstić information content (AvgIpc) is 3.79. The molecule has 3 aromatic heterocycles. The molecule has 22 heteroatoms. The number of oxime groups is 1. The van der Waals surface area contributed by atoms with Crippen LogP contribution in [-0.2, 0) is 53.2 Å². The number of carbonyl (C=O) groups excluding carboxylic acids is 5. The Bertz CT molecular complexity index is 2240. The first-order valence-electron chi connectivity index (χ1n) is 17.2. The van der Waals surface area contributed by atoms with Gasteiger partial charge in [0, 0.05) is 22.9 Å². The van der Waals surface area contributed by atoms with E-state index in [-0.39, 0.29) is 71.4 Å². The average molecular weight is 888 g/mol. The Hall–Kier alpha value is -5.61. The van der Waals surface area contributed by atoms with Crippen molar-refractivity contribution in [3.05, 3.63) is 71.6 Å². The predicted octanol–water partition coefficient (Wildman–Crippen LogP) is -1.14. The number of nitrogens with two attached hydrogens (primary N) is 1. The van der Waals surface area contributed by atoms with E-state index in [9.17, 15) is 24.0 Å². The van der Waals surface area contributed by atoms with Crippen molar-refractivity contribution in [3.8, 4) is 5.75 Å². The van der Waals surface area contributed by atoms with Crippen LogP contribution in [0.4, 0.5) is 9.93 Å². The Balaban J connectivity index is 0.00000620. The number of nitrogens with one attached hydrogen (secondary N) is 2. The molecule has 2 atom stereocenters. The van der Waals surface area contributed by atoms with Crippen LogP contribution in [0, 0.1) is 0 Å². The summed E-state index contributed by atoms with van der Waals surface area (Å²) in [6.07, 6.45) is 2.51. The molecule has 2 aliphatic heterocycles. The van der Waals surface area contributed by atoms with Gasteiger partial charge in [-0.05, 0) is 62.5 Å². The first-order valence-corrected chi connectivity index (χ1v) is 19.0. The number of benzene rings is 1. The Morgan fingerprint density at radius 2 is 1.89 bits per heavy atom. The van der Waals surface area contributed by atoms with Crippen molar-refractivity contribution in [3.63, 3.8) is 0 Å². The van der Waals surface area contributed by atoms with Crippen LogP contribution in [0.2, 0.25) is 0 Å². The Morgan fingerprint density at radius 3 is 2.58 bits per heavy atom. The van der Waals surface area contributed by atoms with Gasteiger partial charge in [-0.15, -0.1) is 11.8 Å². The first kappa shape index (κ1) is 42.5. The molecule has 2 aliphatic rings. The topological polar surface area (TPSA) is 235 Å². The van der Waals surface area contributed by atoms with Crippen molar-refractivity contribution >= 4 is 75.1 Å². The molecule has 0 radical (unpaired) electrons. The Kier molecular flexibility index (Phi) is 13.5. The number of thioether (sulfide) groups is 1. The zero-order valence-electron chi connectivity index (χ0n) is 31.4. The zero-order valence-corrected chi connectivity index (χ0v) is 34.6. The molecule has 19 nitrogen and oxygen atoms in total. The summed E-state index contributed by atoms with van der Waals surface area (Å²) in [5.74, 6) is -1.87. The molecule has 57 heavy (non-hydrogen) atoms. The minimum atomic E-state index is -1.07. The molecule has 4 aromatic rings. The highest BCUT2D eigenvalue weighted by atomic mass is 79.9. The van der Waals surface area contributed by atoms with Crippen LogP contribution in [0.1, 0.15) is 39.1 Å². The molecule has 2 unspecified atom stereocenters. The second-order valence-electron chi connectivity index (χ2n) is 13.3. The highest BCUT2D eigenvalue weighted by molar-refractivity contribution is 8.00. The number of esters is 1. The number of nitrogens with zero attached hydrogens (tertiary/aromatic N) is 7. The number of aromatic nitrogens is 5. The molecule has 302 valence electrons. The summed E-state index contributed by atoms with van der Waals surface area (Å²) in [6.45, 7) is 6.90. The van der Waals surface area contributed by atoms with Crippen molar-refractivity contribution in [2.24, 2.45) is 10.9 Å². The molecule has 0 bridgehead atoms. The smallest absolute Gasteiger partial charge is 0.414 e. The number of pyridine rings is 1. The largest absolute Gasteiger partial charge is 1.00 e. The second-order valence-corrected chi connectivity index (χ2v) is 15.2. The number of hydrogen-bond donors (Lipinski definition) is 3. The third kappa shape index (κ3) is 9.86. The van der Waals surface area contributed by atoms with Gasteiger partial charge in [0.25, 0.3) is 11.8 Å². The van der Waals surface area contributed by atoms with Gasteiger partial charge in [0.1, 0.15) is 60.3 Å². The van der Waals surface area contributed by atoms with Crippen LogP contribution < -0.4 is 42.7 Å². The van der Waals surface area contributed by atoms with Gasteiger partial charge in [0.2, 0.25) is 28.9 Å². The number of β-lactam (4-membered cyclic amide) rings is 1. The summed E-state index contributed by atoms with van der Waals surface area (Å²) in [6, 6.07) is 9.50. The number of methoxy groups -OCH3 is 1. The standard InChI is InChI=1S/C35H38N10O9S2.BrH/c1-6-53-41-24(27-39-33(56-42-27)40-34(50)54-35(2,3)4)29(47)38-25-30(48)45-26(32(49)52-16-19-9-11-21(51-5)12-10-19)20(17-55-31(25)45)14-43-13-7-8-22-28(43)37-18-44(22)15-23(36)46;/h7-13,18,25,31H,6,14-17H2,1-5H3,(H3-,36,38,39,40,42,46,47,50);1H/b41-24-;. The molecule has 0 spiro atoms. The monoisotopic (exact) mass is 886 g/mol. The van der Waals surface area contributed by atoms with Crippen LogP contribution in [0.25, 0.3) is 11.2 Å². The quantitative estimate of drug-likeness (QED) is 0.0447. The van der Waals surface area contributed by atoms with Crippen molar-refractivity contribution in [2.75, 3.05) is 24.8 Å². The number of amides is 4. The molecule has 4 N–H and O–H groups in total. The van der Waals surface area contributed by atoms with E-state index < -0.39 is 46.8 Å². The highest BCUT2D eigenvalue weighted by Crippen LogP contribution is 2.41. The highest BCUT2D eigenvalue weighted by Gasteiger charge is 2.55. The van der Waals surface area contributed by atoms with Crippen molar-refractivity contribution in [1.29, 1.82) is 0 Å².